The van der Waals surface area contributed by atoms with Crippen LogP contribution in [0.5, 0.6) is 11.6 Å². The van der Waals surface area contributed by atoms with Crippen LogP contribution in [0.15, 0.2) is 54.4 Å². The molecule has 102 valence electrons. The normalized spacial score (nSPS) is 10.9. The zero-order valence-electron chi connectivity index (χ0n) is 10.7. The summed E-state index contributed by atoms with van der Waals surface area (Å²) in [4.78, 5) is 9.32. The van der Waals surface area contributed by atoms with Crippen molar-refractivity contribution in [3.63, 3.8) is 0 Å². The van der Waals surface area contributed by atoms with Crippen LogP contribution in [-0.2, 0) is 0 Å². The first-order valence-electron chi connectivity index (χ1n) is 6.23. The van der Waals surface area contributed by atoms with Gasteiger partial charge in [0.1, 0.15) is 16.9 Å². The maximum absolute atomic E-state index is 5.88. The molecule has 4 aromatic rings. The van der Waals surface area contributed by atoms with Gasteiger partial charge in [-0.3, -0.25) is 0 Å². The van der Waals surface area contributed by atoms with Crippen LogP contribution in [0.2, 0.25) is 0 Å². The second-order valence-electron chi connectivity index (χ2n) is 4.27. The second kappa shape index (κ2) is 4.95. The van der Waals surface area contributed by atoms with E-state index in [4.69, 9.17) is 4.74 Å². The fourth-order valence-electron chi connectivity index (χ4n) is 2.00. The minimum Gasteiger partial charge on any atom is -0.438 e. The molecule has 6 nitrogen and oxygen atoms in total. The molecule has 0 unspecified atom stereocenters. The summed E-state index contributed by atoms with van der Waals surface area (Å²) in [5.74, 6) is 1.24. The lowest BCUT2D eigenvalue weighted by Gasteiger charge is -2.07. The van der Waals surface area contributed by atoms with Crippen LogP contribution in [0, 0.1) is 0 Å². The van der Waals surface area contributed by atoms with E-state index in [1.165, 1.54) is 6.33 Å². The van der Waals surface area contributed by atoms with Crippen molar-refractivity contribution in [2.45, 2.75) is 0 Å². The highest BCUT2D eigenvalue weighted by Gasteiger charge is 2.08. The van der Waals surface area contributed by atoms with E-state index in [2.05, 4.69) is 20.3 Å². The molecule has 0 aliphatic heterocycles. The van der Waals surface area contributed by atoms with E-state index in [1.807, 2.05) is 35.7 Å². The molecule has 0 spiro atoms. The average molecular weight is 295 g/mol. The lowest BCUT2D eigenvalue weighted by Crippen LogP contribution is -1.96. The van der Waals surface area contributed by atoms with Gasteiger partial charge in [-0.1, -0.05) is 11.3 Å². The van der Waals surface area contributed by atoms with Crippen molar-refractivity contribution in [3.8, 4) is 17.3 Å². The largest absolute Gasteiger partial charge is 0.438 e. The highest BCUT2D eigenvalue weighted by atomic mass is 32.1. The molecule has 0 atom stereocenters. The molecular formula is C14H9N5OS. The van der Waals surface area contributed by atoms with E-state index in [-0.39, 0.29) is 0 Å². The summed E-state index contributed by atoms with van der Waals surface area (Å²) in [6, 6.07) is 9.55. The Hall–Kier alpha value is -2.80. The molecule has 0 fully saturated rings. The highest BCUT2D eigenvalue weighted by Crippen LogP contribution is 2.29. The molecule has 0 aliphatic rings. The molecule has 21 heavy (non-hydrogen) atoms. The van der Waals surface area contributed by atoms with Crippen molar-refractivity contribution in [2.75, 3.05) is 0 Å². The molecule has 0 bridgehead atoms. The van der Waals surface area contributed by atoms with Crippen LogP contribution in [0.3, 0.4) is 0 Å². The summed E-state index contributed by atoms with van der Waals surface area (Å²) >= 11 is 1.56. The number of hydrogen-bond acceptors (Lipinski definition) is 6. The molecule has 3 aromatic heterocycles. The van der Waals surface area contributed by atoms with Crippen molar-refractivity contribution >= 4 is 21.6 Å². The van der Waals surface area contributed by atoms with E-state index < -0.39 is 0 Å². The van der Waals surface area contributed by atoms with Gasteiger partial charge in [0, 0.05) is 6.07 Å². The van der Waals surface area contributed by atoms with Gasteiger partial charge in [-0.05, 0) is 23.6 Å². The van der Waals surface area contributed by atoms with Gasteiger partial charge >= 0.3 is 0 Å². The maximum Gasteiger partial charge on any atom is 0.231 e. The molecule has 7 heteroatoms. The topological polar surface area (TPSA) is 65.7 Å². The number of benzene rings is 1. The standard InChI is InChI=1S/C14H9N5OS/c1-2-10(19-6-5-17-18-19)8-11(3-1)20-13-12-4-7-21-14(12)16-9-15-13/h1-9H. The van der Waals surface area contributed by atoms with Gasteiger partial charge < -0.3 is 4.74 Å². The fraction of sp³-hybridized carbons (Fsp3) is 0. The average Bonchev–Trinajstić information content (AvgIpc) is 3.20. The molecule has 3 heterocycles. The smallest absolute Gasteiger partial charge is 0.231 e. The first kappa shape index (κ1) is 12.0. The molecule has 4 rings (SSSR count). The van der Waals surface area contributed by atoms with Crippen molar-refractivity contribution < 1.29 is 4.74 Å². The lowest BCUT2D eigenvalue weighted by atomic mass is 10.3. The molecule has 0 amide bonds. The van der Waals surface area contributed by atoms with E-state index in [9.17, 15) is 0 Å². The van der Waals surface area contributed by atoms with Gasteiger partial charge in [-0.2, -0.15) is 0 Å². The third-order valence-corrected chi connectivity index (χ3v) is 3.77. The van der Waals surface area contributed by atoms with E-state index in [1.54, 1.807) is 28.4 Å². The molecule has 0 saturated heterocycles. The summed E-state index contributed by atoms with van der Waals surface area (Å²) in [6.45, 7) is 0. The van der Waals surface area contributed by atoms with E-state index >= 15 is 0 Å². The van der Waals surface area contributed by atoms with Crippen molar-refractivity contribution in [1.29, 1.82) is 0 Å². The number of fused-ring (bicyclic) bond motifs is 1. The van der Waals surface area contributed by atoms with Crippen LogP contribution in [0.4, 0.5) is 0 Å². The fourth-order valence-corrected chi connectivity index (χ4v) is 2.72. The highest BCUT2D eigenvalue weighted by molar-refractivity contribution is 7.16. The Labute approximate surface area is 123 Å². The Morgan fingerprint density at radius 2 is 2.14 bits per heavy atom. The Morgan fingerprint density at radius 1 is 1.14 bits per heavy atom. The zero-order valence-corrected chi connectivity index (χ0v) is 11.6. The Balaban J connectivity index is 1.71. The Morgan fingerprint density at radius 3 is 3.05 bits per heavy atom. The first-order chi connectivity index (χ1) is 10.4. The van der Waals surface area contributed by atoms with Crippen molar-refractivity contribution in [3.05, 3.63) is 54.4 Å². The first-order valence-corrected chi connectivity index (χ1v) is 7.11. The van der Waals surface area contributed by atoms with Crippen LogP contribution in [0.25, 0.3) is 15.9 Å². The van der Waals surface area contributed by atoms with Crippen LogP contribution < -0.4 is 4.74 Å². The molecule has 0 aliphatic carbocycles. The van der Waals surface area contributed by atoms with Crippen molar-refractivity contribution in [2.24, 2.45) is 0 Å². The van der Waals surface area contributed by atoms with Gasteiger partial charge in [-0.25, -0.2) is 14.6 Å². The number of ether oxygens (including phenoxy) is 1. The number of hydrogen-bond donors (Lipinski definition) is 0. The maximum atomic E-state index is 5.88. The summed E-state index contributed by atoms with van der Waals surface area (Å²) in [6.07, 6.45) is 4.92. The molecular weight excluding hydrogens is 286 g/mol. The third kappa shape index (κ3) is 2.23. The van der Waals surface area contributed by atoms with Crippen molar-refractivity contribution in [1.82, 2.24) is 25.0 Å². The Kier molecular flexibility index (Phi) is 2.82. The summed E-state index contributed by atoms with van der Waals surface area (Å²) in [5, 5.41) is 10.6. The van der Waals surface area contributed by atoms with Gasteiger partial charge in [-0.15, -0.1) is 16.4 Å². The number of aromatic nitrogens is 5. The molecule has 1 aromatic carbocycles. The third-order valence-electron chi connectivity index (χ3n) is 2.94. The van der Waals surface area contributed by atoms with E-state index in [0.29, 0.717) is 11.6 Å². The SMILES string of the molecule is c1cc(Oc2ncnc3sccc23)cc(-n2ccnn2)c1. The van der Waals surface area contributed by atoms with E-state index in [0.717, 1.165) is 15.9 Å². The minimum absolute atomic E-state index is 0.553. The molecule has 0 radical (unpaired) electrons. The van der Waals surface area contributed by atoms with Gasteiger partial charge in [0.05, 0.1) is 23.5 Å². The van der Waals surface area contributed by atoms with Gasteiger partial charge in [0.2, 0.25) is 5.88 Å². The van der Waals surface area contributed by atoms with Gasteiger partial charge in [0.15, 0.2) is 0 Å². The number of nitrogens with zero attached hydrogens (tertiary/aromatic N) is 5. The Bertz CT molecular complexity index is 887. The number of thiophene rings is 1. The summed E-state index contributed by atoms with van der Waals surface area (Å²) < 4.78 is 7.56. The molecule has 0 saturated carbocycles. The monoisotopic (exact) mass is 295 g/mol. The van der Waals surface area contributed by atoms with Crippen LogP contribution >= 0.6 is 11.3 Å². The number of rotatable bonds is 3. The van der Waals surface area contributed by atoms with Gasteiger partial charge in [0.25, 0.3) is 0 Å². The predicted octanol–water partition coefficient (Wildman–Crippen LogP) is 3.06. The molecule has 0 N–H and O–H groups in total. The summed E-state index contributed by atoms with van der Waals surface area (Å²) in [5.41, 5.74) is 0.876. The lowest BCUT2D eigenvalue weighted by molar-refractivity contribution is 0.468. The summed E-state index contributed by atoms with van der Waals surface area (Å²) in [7, 11) is 0. The zero-order chi connectivity index (χ0) is 14.1. The quantitative estimate of drug-likeness (QED) is 0.581. The second-order valence-corrected chi connectivity index (χ2v) is 5.16. The minimum atomic E-state index is 0.553. The van der Waals surface area contributed by atoms with Crippen LogP contribution in [0.1, 0.15) is 0 Å². The predicted molar refractivity (Wildman–Crippen MR) is 78.8 cm³/mol. The van der Waals surface area contributed by atoms with Crippen LogP contribution in [-0.4, -0.2) is 25.0 Å².